The van der Waals surface area contributed by atoms with Gasteiger partial charge < -0.3 is 5.32 Å². The van der Waals surface area contributed by atoms with Gasteiger partial charge in [-0.3, -0.25) is 4.79 Å². The van der Waals surface area contributed by atoms with Crippen molar-refractivity contribution in [2.24, 2.45) is 0 Å². The third-order valence-corrected chi connectivity index (χ3v) is 2.56. The third-order valence-electron chi connectivity index (χ3n) is 2.34. The van der Waals surface area contributed by atoms with E-state index in [9.17, 15) is 4.79 Å². The molecule has 0 aliphatic heterocycles. The number of halogens is 1. The number of hydrogen-bond acceptors (Lipinski definition) is 1. The van der Waals surface area contributed by atoms with E-state index in [1.807, 2.05) is 32.9 Å². The minimum atomic E-state index is -0.239. The van der Waals surface area contributed by atoms with Crippen LogP contribution in [0.1, 0.15) is 56.5 Å². The Kier molecular flexibility index (Phi) is 4.21. The van der Waals surface area contributed by atoms with Crippen molar-refractivity contribution >= 4 is 17.5 Å². The Morgan fingerprint density at radius 3 is 2.29 bits per heavy atom. The standard InChI is InChI=1S/C14H20ClNO/c1-9(2)10-6-11(8-12(15)7-10)13(17)16-14(3,4)5/h6-9H,1-5H3,(H,16,17). The predicted molar refractivity (Wildman–Crippen MR) is 72.8 cm³/mol. The fraction of sp³-hybridized carbons (Fsp3) is 0.500. The number of hydrogen-bond donors (Lipinski definition) is 1. The maximum atomic E-state index is 12.0. The van der Waals surface area contributed by atoms with Gasteiger partial charge in [0, 0.05) is 16.1 Å². The number of carbonyl (C=O) groups excluding carboxylic acids is 1. The van der Waals surface area contributed by atoms with Crippen LogP contribution in [0.3, 0.4) is 0 Å². The summed E-state index contributed by atoms with van der Waals surface area (Å²) in [5, 5.41) is 3.54. The molecule has 0 fully saturated rings. The molecule has 0 aliphatic carbocycles. The molecule has 1 aromatic carbocycles. The smallest absolute Gasteiger partial charge is 0.251 e. The van der Waals surface area contributed by atoms with Crippen molar-refractivity contribution in [3.05, 3.63) is 34.3 Å². The van der Waals surface area contributed by atoms with Gasteiger partial charge in [0.1, 0.15) is 0 Å². The first-order valence-electron chi connectivity index (χ1n) is 5.82. The van der Waals surface area contributed by atoms with E-state index in [0.717, 1.165) is 5.56 Å². The Morgan fingerprint density at radius 2 is 1.82 bits per heavy atom. The average molecular weight is 254 g/mol. The molecule has 94 valence electrons. The summed E-state index contributed by atoms with van der Waals surface area (Å²) >= 11 is 6.03. The van der Waals surface area contributed by atoms with Gasteiger partial charge in [-0.1, -0.05) is 25.4 Å². The van der Waals surface area contributed by atoms with Gasteiger partial charge in [0.2, 0.25) is 0 Å². The Morgan fingerprint density at radius 1 is 1.24 bits per heavy atom. The Balaban J connectivity index is 3.02. The average Bonchev–Trinajstić information content (AvgIpc) is 2.13. The second-order valence-corrected chi connectivity index (χ2v) is 6.07. The van der Waals surface area contributed by atoms with Gasteiger partial charge in [-0.05, 0) is 50.5 Å². The topological polar surface area (TPSA) is 29.1 Å². The lowest BCUT2D eigenvalue weighted by molar-refractivity contribution is 0.0919. The van der Waals surface area contributed by atoms with Crippen molar-refractivity contribution < 1.29 is 4.79 Å². The Bertz CT molecular complexity index is 419. The molecule has 0 heterocycles. The summed E-state index contributed by atoms with van der Waals surface area (Å²) < 4.78 is 0. The van der Waals surface area contributed by atoms with Gasteiger partial charge in [0.05, 0.1) is 0 Å². The number of benzene rings is 1. The van der Waals surface area contributed by atoms with Gasteiger partial charge in [-0.25, -0.2) is 0 Å². The fourth-order valence-electron chi connectivity index (χ4n) is 1.49. The van der Waals surface area contributed by atoms with Crippen LogP contribution in [0.4, 0.5) is 0 Å². The highest BCUT2D eigenvalue weighted by molar-refractivity contribution is 6.31. The van der Waals surface area contributed by atoms with Crippen LogP contribution in [-0.2, 0) is 0 Å². The largest absolute Gasteiger partial charge is 0.347 e. The highest BCUT2D eigenvalue weighted by Crippen LogP contribution is 2.21. The van der Waals surface area contributed by atoms with Crippen molar-refractivity contribution in [3.8, 4) is 0 Å². The van der Waals surface area contributed by atoms with E-state index in [1.165, 1.54) is 0 Å². The second kappa shape index (κ2) is 5.09. The monoisotopic (exact) mass is 253 g/mol. The van der Waals surface area contributed by atoms with E-state index in [2.05, 4.69) is 19.2 Å². The molecule has 0 atom stereocenters. The Labute approximate surface area is 108 Å². The molecule has 2 nitrogen and oxygen atoms in total. The molecule has 0 saturated heterocycles. The first-order chi connectivity index (χ1) is 7.69. The van der Waals surface area contributed by atoms with Crippen LogP contribution in [0.2, 0.25) is 5.02 Å². The number of amides is 1. The maximum Gasteiger partial charge on any atom is 0.251 e. The van der Waals surface area contributed by atoms with Crippen LogP contribution in [0.5, 0.6) is 0 Å². The molecule has 1 N–H and O–H groups in total. The summed E-state index contributed by atoms with van der Waals surface area (Å²) in [4.78, 5) is 12.0. The highest BCUT2D eigenvalue weighted by Gasteiger charge is 2.16. The summed E-state index contributed by atoms with van der Waals surface area (Å²) in [7, 11) is 0. The van der Waals surface area contributed by atoms with E-state index < -0.39 is 0 Å². The third kappa shape index (κ3) is 4.39. The molecule has 0 radical (unpaired) electrons. The first-order valence-corrected chi connectivity index (χ1v) is 6.20. The molecule has 3 heteroatoms. The van der Waals surface area contributed by atoms with Gasteiger partial charge in [0.25, 0.3) is 5.91 Å². The van der Waals surface area contributed by atoms with E-state index in [0.29, 0.717) is 16.5 Å². The summed E-state index contributed by atoms with van der Waals surface area (Å²) in [6.07, 6.45) is 0. The molecule has 0 aromatic heterocycles. The summed E-state index contributed by atoms with van der Waals surface area (Å²) in [5.41, 5.74) is 1.46. The molecule has 0 unspecified atom stereocenters. The predicted octanol–water partition coefficient (Wildman–Crippen LogP) is 3.99. The van der Waals surface area contributed by atoms with E-state index >= 15 is 0 Å². The molecular formula is C14H20ClNO. The van der Waals surface area contributed by atoms with Crippen molar-refractivity contribution in [2.75, 3.05) is 0 Å². The fourth-order valence-corrected chi connectivity index (χ4v) is 1.73. The first kappa shape index (κ1) is 14.0. The maximum absolute atomic E-state index is 12.0. The van der Waals surface area contributed by atoms with Gasteiger partial charge in [-0.15, -0.1) is 0 Å². The van der Waals surface area contributed by atoms with Gasteiger partial charge in [-0.2, -0.15) is 0 Å². The zero-order valence-corrected chi connectivity index (χ0v) is 11.9. The van der Waals surface area contributed by atoms with Crippen LogP contribution >= 0.6 is 11.6 Å². The molecule has 1 rings (SSSR count). The lowest BCUT2D eigenvalue weighted by Gasteiger charge is -2.21. The quantitative estimate of drug-likeness (QED) is 0.848. The molecule has 0 aliphatic rings. The number of carbonyl (C=O) groups is 1. The molecular weight excluding hydrogens is 234 g/mol. The summed E-state index contributed by atoms with van der Waals surface area (Å²) in [5.74, 6) is 0.275. The number of nitrogens with one attached hydrogen (secondary N) is 1. The summed E-state index contributed by atoms with van der Waals surface area (Å²) in [6, 6.07) is 5.51. The van der Waals surface area contributed by atoms with Gasteiger partial charge >= 0.3 is 0 Å². The molecule has 1 aromatic rings. The summed E-state index contributed by atoms with van der Waals surface area (Å²) in [6.45, 7) is 10.0. The van der Waals surface area contributed by atoms with Gasteiger partial charge in [0.15, 0.2) is 0 Å². The van der Waals surface area contributed by atoms with E-state index in [-0.39, 0.29) is 11.4 Å². The van der Waals surface area contributed by atoms with Crippen molar-refractivity contribution in [1.82, 2.24) is 5.32 Å². The molecule has 1 amide bonds. The van der Waals surface area contributed by atoms with E-state index in [1.54, 1.807) is 6.07 Å². The van der Waals surface area contributed by atoms with E-state index in [4.69, 9.17) is 11.6 Å². The molecule has 17 heavy (non-hydrogen) atoms. The van der Waals surface area contributed by atoms with Crippen molar-refractivity contribution in [2.45, 2.75) is 46.1 Å². The van der Waals surface area contributed by atoms with Crippen LogP contribution < -0.4 is 5.32 Å². The van der Waals surface area contributed by atoms with Crippen molar-refractivity contribution in [1.29, 1.82) is 0 Å². The lowest BCUT2D eigenvalue weighted by Crippen LogP contribution is -2.40. The SMILES string of the molecule is CC(C)c1cc(Cl)cc(C(=O)NC(C)(C)C)c1. The lowest BCUT2D eigenvalue weighted by atomic mass is 10.00. The second-order valence-electron chi connectivity index (χ2n) is 5.63. The minimum Gasteiger partial charge on any atom is -0.347 e. The zero-order chi connectivity index (χ0) is 13.2. The van der Waals surface area contributed by atoms with Crippen LogP contribution in [0, 0.1) is 0 Å². The number of rotatable bonds is 2. The van der Waals surface area contributed by atoms with Crippen LogP contribution in [-0.4, -0.2) is 11.4 Å². The normalized spacial score (nSPS) is 11.7. The van der Waals surface area contributed by atoms with Crippen LogP contribution in [0.15, 0.2) is 18.2 Å². The van der Waals surface area contributed by atoms with Crippen LogP contribution in [0.25, 0.3) is 0 Å². The molecule has 0 saturated carbocycles. The molecule has 0 bridgehead atoms. The minimum absolute atomic E-state index is 0.0816. The zero-order valence-electron chi connectivity index (χ0n) is 11.1. The van der Waals surface area contributed by atoms with Crippen molar-refractivity contribution in [3.63, 3.8) is 0 Å². The highest BCUT2D eigenvalue weighted by atomic mass is 35.5. The Hall–Kier alpha value is -1.02. The molecule has 0 spiro atoms.